The Morgan fingerprint density at radius 1 is 0.655 bits per heavy atom. The molecular weight excluding hydrogens is 400 g/mol. The zero-order chi connectivity index (χ0) is 21.1. The van der Waals surface area contributed by atoms with Gasteiger partial charge in [0.15, 0.2) is 0 Å². The van der Waals surface area contributed by atoms with Gasteiger partial charge in [-0.2, -0.15) is 13.2 Å². The largest absolute Gasteiger partial charge is 0.404 e. The monoisotopic (exact) mass is 408 g/mol. The smallest absolute Gasteiger partial charge is 0.386 e. The summed E-state index contributed by atoms with van der Waals surface area (Å²) in [5.74, 6) is -4.34. The van der Waals surface area contributed by atoms with E-state index in [1.165, 1.54) is 0 Å². The van der Waals surface area contributed by atoms with E-state index in [1.807, 2.05) is 0 Å². The van der Waals surface area contributed by atoms with Crippen LogP contribution < -0.4 is 0 Å². The zero-order valence-corrected chi connectivity index (χ0v) is 14.1. The number of halogens is 4. The molecule has 0 spiro atoms. The quantitative estimate of drug-likeness (QED) is 0.441. The lowest BCUT2D eigenvalue weighted by Crippen LogP contribution is -2.45. The fourth-order valence-corrected chi connectivity index (χ4v) is 3.43. The summed E-state index contributed by atoms with van der Waals surface area (Å²) in [5, 5.41) is 0. The predicted octanol–water partition coefficient (Wildman–Crippen LogP) is 3.13. The maximum Gasteiger partial charge on any atom is 0.404 e. The number of esters is 4. The van der Waals surface area contributed by atoms with Crippen LogP contribution in [0.1, 0.15) is 52.6 Å². The Kier molecular flexibility index (Phi) is 3.87. The average molecular weight is 408 g/mol. The van der Waals surface area contributed by atoms with Gasteiger partial charge in [0.1, 0.15) is 12.1 Å². The molecule has 2 aliphatic rings. The number of fused-ring (bicyclic) bond motifs is 2. The molecule has 29 heavy (non-hydrogen) atoms. The molecule has 0 saturated heterocycles. The van der Waals surface area contributed by atoms with Gasteiger partial charge in [-0.05, 0) is 35.4 Å². The highest BCUT2D eigenvalue weighted by Crippen LogP contribution is 2.48. The molecule has 0 bridgehead atoms. The third-order valence-corrected chi connectivity index (χ3v) is 4.96. The fraction of sp³-hybridized carbons (Fsp3) is 0.158. The van der Waals surface area contributed by atoms with Crippen molar-refractivity contribution in [3.05, 3.63) is 69.8 Å². The summed E-state index contributed by atoms with van der Waals surface area (Å²) in [4.78, 5) is 46.6. The van der Waals surface area contributed by atoms with Crippen LogP contribution in [0, 0.1) is 0 Å². The van der Waals surface area contributed by atoms with Gasteiger partial charge in [0.05, 0.1) is 22.3 Å². The van der Waals surface area contributed by atoms with Gasteiger partial charge in [0, 0.05) is 0 Å². The molecule has 0 atom stereocenters. The van der Waals surface area contributed by atoms with Gasteiger partial charge in [-0.25, -0.2) is 23.6 Å². The second kappa shape index (κ2) is 5.97. The Balaban J connectivity index is 1.97. The van der Waals surface area contributed by atoms with E-state index < -0.39 is 64.4 Å². The molecular formula is C19H8F4O6. The highest BCUT2D eigenvalue weighted by atomic mass is 19.4. The number of hydrogen-bond donors (Lipinski definition) is 0. The second-order valence-corrected chi connectivity index (χ2v) is 6.41. The maximum atomic E-state index is 14.2. The Labute approximate surface area is 159 Å². The molecule has 0 aromatic heterocycles. The van der Waals surface area contributed by atoms with Crippen LogP contribution in [0.4, 0.5) is 17.6 Å². The van der Waals surface area contributed by atoms with Gasteiger partial charge in [0.25, 0.3) is 0 Å². The zero-order valence-electron chi connectivity index (χ0n) is 14.1. The molecule has 6 nitrogen and oxygen atoms in total. The lowest BCUT2D eigenvalue weighted by molar-refractivity contribution is -0.182. The van der Waals surface area contributed by atoms with Gasteiger partial charge in [-0.15, -0.1) is 0 Å². The van der Waals surface area contributed by atoms with Crippen LogP contribution in [0.3, 0.4) is 0 Å². The van der Waals surface area contributed by atoms with Crippen LogP contribution in [0.15, 0.2) is 36.4 Å². The lowest BCUT2D eigenvalue weighted by atomic mass is 9.73. The summed E-state index contributed by atoms with van der Waals surface area (Å²) >= 11 is 0. The van der Waals surface area contributed by atoms with Crippen LogP contribution in [0.5, 0.6) is 0 Å². The van der Waals surface area contributed by atoms with Crippen LogP contribution in [0.25, 0.3) is 0 Å². The van der Waals surface area contributed by atoms with Crippen molar-refractivity contribution in [2.75, 3.05) is 6.67 Å². The summed E-state index contributed by atoms with van der Waals surface area (Å²) in [5.41, 5.74) is -5.94. The first-order chi connectivity index (χ1) is 13.6. The molecule has 0 saturated carbocycles. The van der Waals surface area contributed by atoms with Crippen molar-refractivity contribution >= 4 is 23.9 Å². The predicted molar refractivity (Wildman–Crippen MR) is 85.2 cm³/mol. The molecule has 0 unspecified atom stereocenters. The van der Waals surface area contributed by atoms with Gasteiger partial charge < -0.3 is 9.47 Å². The number of carbonyl (C=O) groups is 4. The number of carbonyl (C=O) groups excluding carboxylic acids is 4. The summed E-state index contributed by atoms with van der Waals surface area (Å²) in [6, 6.07) is 5.10. The van der Waals surface area contributed by atoms with Crippen LogP contribution in [0.2, 0.25) is 0 Å². The third kappa shape index (κ3) is 2.48. The average Bonchev–Trinajstić information content (AvgIpc) is 3.10. The molecule has 10 heteroatoms. The van der Waals surface area contributed by atoms with E-state index in [0.717, 1.165) is 36.4 Å². The Morgan fingerprint density at radius 2 is 1.03 bits per heavy atom. The molecule has 0 N–H and O–H groups in total. The van der Waals surface area contributed by atoms with Gasteiger partial charge >= 0.3 is 30.1 Å². The number of hydrogen-bond acceptors (Lipinski definition) is 6. The fourth-order valence-electron chi connectivity index (χ4n) is 3.43. The Morgan fingerprint density at radius 3 is 1.38 bits per heavy atom. The van der Waals surface area contributed by atoms with E-state index in [-0.39, 0.29) is 11.1 Å². The number of ether oxygens (including phenoxy) is 2. The standard InChI is InChI=1S/C19H8F4O6/c20-7-18(19(21,22)23,8-1-3-10-12(5-8)16(26)28-14(10)24)9-2-4-11-13(6-9)17(27)29-15(11)25/h1-6H,7H2. The van der Waals surface area contributed by atoms with Crippen molar-refractivity contribution in [1.82, 2.24) is 0 Å². The number of alkyl halides is 4. The highest BCUT2D eigenvalue weighted by Gasteiger charge is 2.58. The normalized spacial score (nSPS) is 15.9. The van der Waals surface area contributed by atoms with Crippen LogP contribution in [-0.4, -0.2) is 36.7 Å². The van der Waals surface area contributed by atoms with Crippen molar-refractivity contribution in [3.63, 3.8) is 0 Å². The molecule has 148 valence electrons. The first kappa shape index (κ1) is 18.8. The van der Waals surface area contributed by atoms with Crippen molar-refractivity contribution in [1.29, 1.82) is 0 Å². The second-order valence-electron chi connectivity index (χ2n) is 6.41. The molecule has 4 rings (SSSR count). The number of benzene rings is 2. The maximum absolute atomic E-state index is 14.2. The van der Waals surface area contributed by atoms with E-state index >= 15 is 0 Å². The molecule has 0 fully saturated rings. The summed E-state index contributed by atoms with van der Waals surface area (Å²) in [7, 11) is 0. The van der Waals surface area contributed by atoms with Gasteiger partial charge in [-0.1, -0.05) is 12.1 Å². The minimum absolute atomic E-state index is 0.239. The van der Waals surface area contributed by atoms with Crippen molar-refractivity contribution in [3.8, 4) is 0 Å². The lowest BCUT2D eigenvalue weighted by Gasteiger charge is -2.34. The topological polar surface area (TPSA) is 86.7 Å². The Hall–Kier alpha value is -3.56. The first-order valence-electron chi connectivity index (χ1n) is 8.05. The highest BCUT2D eigenvalue weighted by molar-refractivity contribution is 6.15. The number of cyclic esters (lactones) is 4. The summed E-state index contributed by atoms with van der Waals surface area (Å²) < 4.78 is 65.4. The Bertz CT molecular complexity index is 1040. The van der Waals surface area contributed by atoms with Crippen molar-refractivity contribution in [2.45, 2.75) is 11.6 Å². The minimum atomic E-state index is -5.21. The summed E-state index contributed by atoms with van der Waals surface area (Å²) in [6.07, 6.45) is -5.21. The van der Waals surface area contributed by atoms with Gasteiger partial charge in [-0.3, -0.25) is 0 Å². The molecule has 2 heterocycles. The first-order valence-corrected chi connectivity index (χ1v) is 8.05. The molecule has 0 radical (unpaired) electrons. The van der Waals surface area contributed by atoms with E-state index in [1.54, 1.807) is 0 Å². The van der Waals surface area contributed by atoms with E-state index in [4.69, 9.17) is 0 Å². The van der Waals surface area contributed by atoms with E-state index in [9.17, 15) is 36.7 Å². The van der Waals surface area contributed by atoms with Gasteiger partial charge in [0.2, 0.25) is 0 Å². The molecule has 0 aliphatic carbocycles. The van der Waals surface area contributed by atoms with E-state index in [0.29, 0.717) is 0 Å². The third-order valence-electron chi connectivity index (χ3n) is 4.96. The minimum Gasteiger partial charge on any atom is -0.386 e. The molecule has 2 aromatic rings. The van der Waals surface area contributed by atoms with Crippen molar-refractivity contribution < 1.29 is 46.2 Å². The van der Waals surface area contributed by atoms with Crippen LogP contribution in [-0.2, 0) is 14.9 Å². The SMILES string of the molecule is O=C1OC(=O)c2cc(C(CF)(c3ccc4c(c3)C(=O)OC4=O)C(F)(F)F)ccc21. The molecule has 2 aromatic carbocycles. The van der Waals surface area contributed by atoms with Crippen LogP contribution >= 0.6 is 0 Å². The van der Waals surface area contributed by atoms with E-state index in [2.05, 4.69) is 9.47 Å². The number of rotatable bonds is 3. The van der Waals surface area contributed by atoms with Crippen molar-refractivity contribution in [2.24, 2.45) is 0 Å². The molecule has 0 amide bonds. The molecule has 2 aliphatic heterocycles. The summed E-state index contributed by atoms with van der Waals surface area (Å²) in [6.45, 7) is -1.97.